The molecule has 0 aromatic heterocycles. The van der Waals surface area contributed by atoms with E-state index in [1.165, 1.54) is 11.1 Å². The van der Waals surface area contributed by atoms with Gasteiger partial charge in [-0.3, -0.25) is 10.1 Å². The molecule has 1 aromatic rings. The first-order chi connectivity index (χ1) is 12.9. The number of amides is 3. The van der Waals surface area contributed by atoms with Crippen LogP contribution in [0.3, 0.4) is 0 Å². The fraction of sp³-hybridized carbons (Fsp3) is 0.550. The zero-order chi connectivity index (χ0) is 19.4. The Balaban J connectivity index is 1.63. The van der Waals surface area contributed by atoms with Crippen molar-refractivity contribution < 1.29 is 9.59 Å². The Morgan fingerprint density at radius 1 is 1.26 bits per heavy atom. The second kappa shape index (κ2) is 7.98. The average Bonchev–Trinajstić information content (AvgIpc) is 2.93. The van der Waals surface area contributed by atoms with Crippen LogP contribution < -0.4 is 16.0 Å². The molecule has 1 aromatic carbocycles. The van der Waals surface area contributed by atoms with E-state index in [1.807, 2.05) is 6.92 Å². The molecule has 0 bridgehead atoms. The molecule has 1 atom stereocenters. The van der Waals surface area contributed by atoms with Crippen molar-refractivity contribution >= 4 is 17.9 Å². The molecule has 0 saturated carbocycles. The van der Waals surface area contributed by atoms with Gasteiger partial charge in [0.2, 0.25) is 0 Å². The lowest BCUT2D eigenvalue weighted by atomic mass is 9.79. The van der Waals surface area contributed by atoms with Gasteiger partial charge in [-0.15, -0.1) is 0 Å². The monoisotopic (exact) mass is 371 g/mol. The summed E-state index contributed by atoms with van der Waals surface area (Å²) in [5.41, 5.74) is 1.62. The Kier molecular flexibility index (Phi) is 5.68. The molecule has 3 amide bonds. The van der Waals surface area contributed by atoms with E-state index >= 15 is 0 Å². The summed E-state index contributed by atoms with van der Waals surface area (Å²) in [5.74, 6) is 0.813. The fourth-order valence-corrected chi connectivity index (χ4v) is 3.80. The van der Waals surface area contributed by atoms with E-state index in [4.69, 9.17) is 4.99 Å². The van der Waals surface area contributed by atoms with Gasteiger partial charge in [-0.1, -0.05) is 29.8 Å². The van der Waals surface area contributed by atoms with Crippen LogP contribution in [-0.2, 0) is 11.3 Å². The van der Waals surface area contributed by atoms with Crippen LogP contribution in [0.15, 0.2) is 29.3 Å². The van der Waals surface area contributed by atoms with E-state index in [9.17, 15) is 9.59 Å². The van der Waals surface area contributed by atoms with Crippen molar-refractivity contribution in [3.05, 3.63) is 35.4 Å². The number of urea groups is 1. The molecule has 0 spiro atoms. The van der Waals surface area contributed by atoms with Gasteiger partial charge in [0.25, 0.3) is 5.91 Å². The third-order valence-electron chi connectivity index (χ3n) is 5.55. The van der Waals surface area contributed by atoms with E-state index in [0.29, 0.717) is 6.54 Å². The lowest BCUT2D eigenvalue weighted by molar-refractivity contribution is -0.125. The predicted octanol–water partition coefficient (Wildman–Crippen LogP) is 1.77. The van der Waals surface area contributed by atoms with Crippen LogP contribution in [-0.4, -0.2) is 48.0 Å². The van der Waals surface area contributed by atoms with Gasteiger partial charge in [0.05, 0.1) is 6.54 Å². The molecule has 2 aliphatic heterocycles. The molecule has 2 saturated heterocycles. The first kappa shape index (κ1) is 19.2. The standard InChI is InChI=1S/C20H29N5O2/c1-4-21-18(22-13-15-7-5-14(2)6-8-15)25-11-9-16(10-12-25)20(3)17(26)23-19(27)24-20/h5-8,16H,4,9-13H2,1-3H3,(H,21,22)(H2,23,24,26,27). The number of benzene rings is 1. The molecule has 2 fully saturated rings. The predicted molar refractivity (Wildman–Crippen MR) is 105 cm³/mol. The number of piperidine rings is 1. The van der Waals surface area contributed by atoms with E-state index in [1.54, 1.807) is 0 Å². The van der Waals surface area contributed by atoms with E-state index in [0.717, 1.165) is 38.4 Å². The van der Waals surface area contributed by atoms with Crippen molar-refractivity contribution in [3.8, 4) is 0 Å². The quantitative estimate of drug-likeness (QED) is 0.428. The Morgan fingerprint density at radius 3 is 2.48 bits per heavy atom. The number of likely N-dealkylation sites (tertiary alicyclic amines) is 1. The second-order valence-corrected chi connectivity index (χ2v) is 7.53. The van der Waals surface area contributed by atoms with Gasteiger partial charge in [0, 0.05) is 19.6 Å². The van der Waals surface area contributed by atoms with Crippen LogP contribution in [0.2, 0.25) is 0 Å². The molecule has 2 heterocycles. The second-order valence-electron chi connectivity index (χ2n) is 7.53. The maximum absolute atomic E-state index is 12.2. The molecule has 7 heteroatoms. The Labute approximate surface area is 160 Å². The number of carbonyl (C=O) groups excluding carboxylic acids is 2. The average molecular weight is 371 g/mol. The molecular formula is C20H29N5O2. The van der Waals surface area contributed by atoms with E-state index < -0.39 is 11.6 Å². The third kappa shape index (κ3) is 4.23. The van der Waals surface area contributed by atoms with Crippen LogP contribution in [0.1, 0.15) is 37.8 Å². The summed E-state index contributed by atoms with van der Waals surface area (Å²) in [6, 6.07) is 8.03. The molecule has 0 aliphatic carbocycles. The minimum absolute atomic E-state index is 0.125. The van der Waals surface area contributed by atoms with Gasteiger partial charge in [-0.05, 0) is 45.1 Å². The van der Waals surface area contributed by atoms with Crippen LogP contribution >= 0.6 is 0 Å². The van der Waals surface area contributed by atoms with Crippen molar-refractivity contribution in [2.24, 2.45) is 10.9 Å². The lowest BCUT2D eigenvalue weighted by Crippen LogP contribution is -2.55. The largest absolute Gasteiger partial charge is 0.357 e. The van der Waals surface area contributed by atoms with Gasteiger partial charge < -0.3 is 15.5 Å². The zero-order valence-corrected chi connectivity index (χ0v) is 16.3. The number of rotatable bonds is 4. The van der Waals surface area contributed by atoms with Crippen molar-refractivity contribution in [1.29, 1.82) is 0 Å². The maximum atomic E-state index is 12.2. The lowest BCUT2D eigenvalue weighted by Gasteiger charge is -2.39. The molecule has 2 aliphatic rings. The number of nitrogens with one attached hydrogen (secondary N) is 3. The molecule has 1 unspecified atom stereocenters. The molecule has 146 valence electrons. The summed E-state index contributed by atoms with van der Waals surface area (Å²) in [7, 11) is 0. The van der Waals surface area contributed by atoms with E-state index in [-0.39, 0.29) is 11.8 Å². The summed E-state index contributed by atoms with van der Waals surface area (Å²) < 4.78 is 0. The molecule has 0 radical (unpaired) electrons. The smallest absolute Gasteiger partial charge is 0.322 e. The van der Waals surface area contributed by atoms with Gasteiger partial charge in [0.15, 0.2) is 5.96 Å². The first-order valence-electron chi connectivity index (χ1n) is 9.64. The highest BCUT2D eigenvalue weighted by atomic mass is 16.2. The summed E-state index contributed by atoms with van der Waals surface area (Å²) in [4.78, 5) is 30.7. The molecule has 27 heavy (non-hydrogen) atoms. The number of hydrogen-bond acceptors (Lipinski definition) is 3. The highest BCUT2D eigenvalue weighted by Gasteiger charge is 2.48. The molecule has 3 rings (SSSR count). The fourth-order valence-electron chi connectivity index (χ4n) is 3.80. The summed E-state index contributed by atoms with van der Waals surface area (Å²) in [6.07, 6.45) is 1.66. The highest BCUT2D eigenvalue weighted by molar-refractivity contribution is 6.07. The van der Waals surface area contributed by atoms with Crippen molar-refractivity contribution in [1.82, 2.24) is 20.9 Å². The summed E-state index contributed by atoms with van der Waals surface area (Å²) in [5, 5.41) is 8.54. The Hall–Kier alpha value is -2.57. The Morgan fingerprint density at radius 2 is 1.93 bits per heavy atom. The van der Waals surface area contributed by atoms with Crippen molar-refractivity contribution in [2.75, 3.05) is 19.6 Å². The maximum Gasteiger partial charge on any atom is 0.322 e. The number of carbonyl (C=O) groups is 2. The van der Waals surface area contributed by atoms with Gasteiger partial charge >= 0.3 is 6.03 Å². The first-order valence-corrected chi connectivity index (χ1v) is 9.64. The number of nitrogens with zero attached hydrogens (tertiary/aromatic N) is 2. The van der Waals surface area contributed by atoms with Crippen LogP contribution in [0, 0.1) is 12.8 Å². The van der Waals surface area contributed by atoms with Gasteiger partial charge in [-0.2, -0.15) is 0 Å². The van der Waals surface area contributed by atoms with Gasteiger partial charge in [-0.25, -0.2) is 9.79 Å². The van der Waals surface area contributed by atoms with E-state index in [2.05, 4.69) is 59.0 Å². The third-order valence-corrected chi connectivity index (χ3v) is 5.55. The van der Waals surface area contributed by atoms with Gasteiger partial charge in [0.1, 0.15) is 5.54 Å². The zero-order valence-electron chi connectivity index (χ0n) is 16.3. The van der Waals surface area contributed by atoms with Crippen LogP contribution in [0.4, 0.5) is 4.79 Å². The minimum Gasteiger partial charge on any atom is -0.357 e. The minimum atomic E-state index is -0.805. The molecule has 7 nitrogen and oxygen atoms in total. The number of aryl methyl sites for hydroxylation is 1. The number of imide groups is 1. The summed E-state index contributed by atoms with van der Waals surface area (Å²) >= 11 is 0. The van der Waals surface area contributed by atoms with Crippen LogP contribution in [0.25, 0.3) is 0 Å². The normalized spacial score (nSPS) is 24.0. The highest BCUT2D eigenvalue weighted by Crippen LogP contribution is 2.30. The summed E-state index contributed by atoms with van der Waals surface area (Å²) in [6.45, 7) is 9.03. The SMILES string of the molecule is CCNC(=NCc1ccc(C)cc1)N1CCC(C2(C)NC(=O)NC2=O)CC1. The molecular weight excluding hydrogens is 342 g/mol. The Bertz CT molecular complexity index is 722. The molecule has 3 N–H and O–H groups in total. The number of aliphatic imine (C=N–C) groups is 1. The van der Waals surface area contributed by atoms with Crippen LogP contribution in [0.5, 0.6) is 0 Å². The van der Waals surface area contributed by atoms with Crippen molar-refractivity contribution in [3.63, 3.8) is 0 Å². The van der Waals surface area contributed by atoms with Crippen molar-refractivity contribution in [2.45, 2.75) is 45.7 Å². The topological polar surface area (TPSA) is 85.8 Å². The number of guanidine groups is 1. The number of hydrogen-bond donors (Lipinski definition) is 3.